The van der Waals surface area contributed by atoms with Gasteiger partial charge in [-0.2, -0.15) is 8.62 Å². The highest BCUT2D eigenvalue weighted by Crippen LogP contribution is 2.66. The minimum absolute atomic E-state index is 0.135. The smallest absolute Gasteiger partial charge is 0.390 e. The Balaban J connectivity index is 2.17. The number of aryl methyl sites for hydroxylation is 1. The first-order valence-electron chi connectivity index (χ1n) is 8.10. The minimum atomic E-state index is -5.71. The Morgan fingerprint density at radius 2 is 1.87 bits per heavy atom. The molecule has 16 nitrogen and oxygen atoms in total. The van der Waals surface area contributed by atoms with Crippen molar-refractivity contribution in [1.82, 2.24) is 9.55 Å². The number of aromatic nitrogens is 2. The van der Waals surface area contributed by atoms with Crippen LogP contribution in [0.3, 0.4) is 0 Å². The fourth-order valence-corrected chi connectivity index (χ4v) is 5.70. The predicted molar refractivity (Wildman–Crippen MR) is 99.5 cm³/mol. The minimum Gasteiger partial charge on any atom is -0.390 e. The Labute approximate surface area is 173 Å². The quantitative estimate of drug-likeness (QED) is 0.176. The normalized spacial score (nSPS) is 28.1. The van der Waals surface area contributed by atoms with E-state index in [4.69, 9.17) is 19.4 Å². The molecule has 1 fully saturated rings. The van der Waals surface area contributed by atoms with Crippen LogP contribution in [0.25, 0.3) is 0 Å². The molecule has 5 atom stereocenters. The number of phosphoric acid groups is 3. The third-order valence-electron chi connectivity index (χ3n) is 3.95. The molecule has 0 amide bonds. The zero-order valence-corrected chi connectivity index (χ0v) is 18.3. The number of ether oxygens (including phenoxy) is 1. The summed E-state index contributed by atoms with van der Waals surface area (Å²) < 4.78 is 51.8. The number of aromatic amines is 1. The van der Waals surface area contributed by atoms with Crippen molar-refractivity contribution in [1.29, 1.82) is 0 Å². The molecule has 0 bridgehead atoms. The molecule has 2 unspecified atom stereocenters. The van der Waals surface area contributed by atoms with E-state index in [-0.39, 0.29) is 12.0 Å². The van der Waals surface area contributed by atoms with Crippen molar-refractivity contribution < 1.29 is 56.3 Å². The number of rotatable bonds is 9. The highest BCUT2D eigenvalue weighted by Gasteiger charge is 2.48. The molecule has 0 aliphatic carbocycles. The maximum absolute atomic E-state index is 12.2. The highest BCUT2D eigenvalue weighted by molar-refractivity contribution is 7.66. The van der Waals surface area contributed by atoms with Gasteiger partial charge in [-0.25, -0.2) is 18.5 Å². The van der Waals surface area contributed by atoms with E-state index in [9.17, 15) is 33.3 Å². The molecular weight excluding hydrogens is 489 g/mol. The van der Waals surface area contributed by atoms with Crippen LogP contribution in [0.15, 0.2) is 28.4 Å². The van der Waals surface area contributed by atoms with Gasteiger partial charge in [-0.05, 0) is 13.0 Å². The van der Waals surface area contributed by atoms with E-state index in [1.807, 2.05) is 4.98 Å². The zero-order chi connectivity index (χ0) is 23.8. The molecule has 1 aliphatic rings. The van der Waals surface area contributed by atoms with E-state index in [0.717, 1.165) is 16.8 Å². The van der Waals surface area contributed by atoms with E-state index >= 15 is 0 Å². The molecule has 1 saturated heterocycles. The summed E-state index contributed by atoms with van der Waals surface area (Å²) in [5, 5.41) is 10.2. The standard InChI is InChI=1S/C12H19N2O14P3/c1-3-12(14-5-7(2)10(16)13-11(14)17)4-8(15)9(26-12)6-25-30(21,22)28-31(23,24)27-29(18,19)20/h3,5,8-9,15H,1,4,6H2,2H3,(H,21,22)(H,23,24)(H,13,16,17)(H2,18,19,20)/t8-,9+,12+/m0/s1. The second-order valence-electron chi connectivity index (χ2n) is 6.30. The van der Waals surface area contributed by atoms with Crippen molar-refractivity contribution in [3.63, 3.8) is 0 Å². The molecular formula is C12H19N2O14P3. The van der Waals surface area contributed by atoms with Gasteiger partial charge in [-0.1, -0.05) is 6.58 Å². The van der Waals surface area contributed by atoms with Crippen molar-refractivity contribution in [3.05, 3.63) is 45.3 Å². The fraction of sp³-hybridized carbons (Fsp3) is 0.500. The summed E-state index contributed by atoms with van der Waals surface area (Å²) in [4.78, 5) is 61.4. The number of hydrogen-bond donors (Lipinski definition) is 6. The van der Waals surface area contributed by atoms with Crippen LogP contribution in [0.5, 0.6) is 0 Å². The summed E-state index contributed by atoms with van der Waals surface area (Å²) >= 11 is 0. The lowest BCUT2D eigenvalue weighted by Gasteiger charge is -2.28. The number of nitrogens with zero attached hydrogens (tertiary/aromatic N) is 1. The first kappa shape index (κ1) is 26.0. The SMILES string of the molecule is C=C[C@]1(n2cc(C)c(=O)[nH]c2=O)C[C@H](O)[C@@H](COP(=O)(O)OP(=O)(O)OP(=O)(O)O)O1. The molecule has 0 spiro atoms. The van der Waals surface area contributed by atoms with Gasteiger partial charge >= 0.3 is 29.2 Å². The van der Waals surface area contributed by atoms with Crippen LogP contribution in [0.1, 0.15) is 12.0 Å². The van der Waals surface area contributed by atoms with Crippen LogP contribution in [-0.4, -0.2) is 53.0 Å². The summed E-state index contributed by atoms with van der Waals surface area (Å²) in [5.41, 5.74) is -3.09. The average Bonchev–Trinajstić information content (AvgIpc) is 2.90. The van der Waals surface area contributed by atoms with Crippen LogP contribution in [0, 0.1) is 6.92 Å². The number of nitrogens with one attached hydrogen (secondary N) is 1. The van der Waals surface area contributed by atoms with Crippen molar-refractivity contribution >= 4 is 23.5 Å². The van der Waals surface area contributed by atoms with Crippen molar-refractivity contribution in [2.24, 2.45) is 0 Å². The largest absolute Gasteiger partial charge is 0.490 e. The van der Waals surface area contributed by atoms with Crippen LogP contribution in [-0.2, 0) is 37.3 Å². The Morgan fingerprint density at radius 3 is 2.42 bits per heavy atom. The second kappa shape index (κ2) is 8.94. The van der Waals surface area contributed by atoms with E-state index < -0.39 is 59.3 Å². The first-order valence-corrected chi connectivity index (χ1v) is 12.6. The van der Waals surface area contributed by atoms with Gasteiger partial charge in [0.15, 0.2) is 5.72 Å². The maximum atomic E-state index is 12.2. The number of H-pyrrole nitrogens is 1. The van der Waals surface area contributed by atoms with Gasteiger partial charge < -0.3 is 29.4 Å². The third kappa shape index (κ3) is 6.62. The first-order chi connectivity index (χ1) is 14.0. The van der Waals surface area contributed by atoms with Gasteiger partial charge in [-0.15, -0.1) is 0 Å². The zero-order valence-electron chi connectivity index (χ0n) is 15.6. The van der Waals surface area contributed by atoms with Crippen LogP contribution in [0.4, 0.5) is 0 Å². The van der Waals surface area contributed by atoms with Crippen molar-refractivity contribution in [3.8, 4) is 0 Å². The number of hydrogen-bond acceptors (Lipinski definition) is 10. The Morgan fingerprint density at radius 1 is 1.26 bits per heavy atom. The molecule has 2 rings (SSSR count). The Kier molecular flexibility index (Phi) is 7.50. The van der Waals surface area contributed by atoms with Gasteiger partial charge in [0, 0.05) is 18.2 Å². The lowest BCUT2D eigenvalue weighted by Crippen LogP contribution is -2.43. The fourth-order valence-electron chi connectivity index (χ4n) is 2.67. The monoisotopic (exact) mass is 508 g/mol. The summed E-state index contributed by atoms with van der Waals surface area (Å²) in [7, 11) is -16.7. The van der Waals surface area contributed by atoms with Gasteiger partial charge in [0.05, 0.1) is 12.7 Å². The van der Waals surface area contributed by atoms with Gasteiger partial charge in [-0.3, -0.25) is 18.9 Å². The molecule has 31 heavy (non-hydrogen) atoms. The highest BCUT2D eigenvalue weighted by atomic mass is 31.3. The predicted octanol–water partition coefficient (Wildman–Crippen LogP) is -0.823. The summed E-state index contributed by atoms with van der Waals surface area (Å²) in [6, 6.07) is 0. The molecule has 2 heterocycles. The lowest BCUT2D eigenvalue weighted by molar-refractivity contribution is -0.0881. The number of aliphatic hydroxyl groups is 1. The van der Waals surface area contributed by atoms with Gasteiger partial charge in [0.25, 0.3) is 5.56 Å². The van der Waals surface area contributed by atoms with E-state index in [2.05, 4.69) is 19.7 Å². The van der Waals surface area contributed by atoms with E-state index in [0.29, 0.717) is 0 Å². The molecule has 19 heteroatoms. The van der Waals surface area contributed by atoms with Crippen LogP contribution < -0.4 is 11.2 Å². The van der Waals surface area contributed by atoms with Crippen molar-refractivity contribution in [2.75, 3.05) is 6.61 Å². The number of phosphoric ester groups is 1. The number of aliphatic hydroxyl groups excluding tert-OH is 1. The molecule has 0 saturated carbocycles. The Bertz CT molecular complexity index is 1110. The van der Waals surface area contributed by atoms with E-state index in [1.165, 1.54) is 6.92 Å². The molecule has 0 radical (unpaired) electrons. The second-order valence-corrected chi connectivity index (χ2v) is 10.7. The van der Waals surface area contributed by atoms with Gasteiger partial charge in [0.2, 0.25) is 0 Å². The third-order valence-corrected chi connectivity index (χ3v) is 7.75. The molecule has 1 aliphatic heterocycles. The van der Waals surface area contributed by atoms with E-state index in [1.54, 1.807) is 0 Å². The maximum Gasteiger partial charge on any atom is 0.490 e. The van der Waals surface area contributed by atoms with Crippen molar-refractivity contribution in [2.45, 2.75) is 31.3 Å². The topological polar surface area (TPSA) is 244 Å². The lowest BCUT2D eigenvalue weighted by atomic mass is 10.1. The van der Waals surface area contributed by atoms with Crippen LogP contribution >= 0.6 is 23.5 Å². The van der Waals surface area contributed by atoms with Crippen LogP contribution in [0.2, 0.25) is 0 Å². The Hall–Kier alpha value is -1.25. The summed E-state index contributed by atoms with van der Waals surface area (Å²) in [6.07, 6.45) is -0.821. The summed E-state index contributed by atoms with van der Waals surface area (Å²) in [5.74, 6) is 0. The van der Waals surface area contributed by atoms with Gasteiger partial charge in [0.1, 0.15) is 6.10 Å². The molecule has 1 aromatic heterocycles. The molecule has 6 N–H and O–H groups in total. The average molecular weight is 508 g/mol. The molecule has 0 aromatic carbocycles. The molecule has 176 valence electrons. The molecule has 1 aromatic rings. The summed E-state index contributed by atoms with van der Waals surface area (Å²) in [6.45, 7) is 4.00.